The number of aromatic amines is 1. The van der Waals surface area contributed by atoms with Gasteiger partial charge in [-0.2, -0.15) is 0 Å². The minimum absolute atomic E-state index is 0.0216. The van der Waals surface area contributed by atoms with Gasteiger partial charge in [-0.05, 0) is 31.9 Å². The van der Waals surface area contributed by atoms with E-state index in [2.05, 4.69) is 17.1 Å². The molecule has 5 nitrogen and oxygen atoms in total. The number of rotatable bonds is 2. The zero-order chi connectivity index (χ0) is 14.8. The number of aromatic nitrogens is 1. The molecule has 0 saturated carbocycles. The second-order valence-corrected chi connectivity index (χ2v) is 6.25. The largest absolute Gasteiger partial charge is 0.461 e. The van der Waals surface area contributed by atoms with Crippen LogP contribution in [0.1, 0.15) is 54.2 Å². The van der Waals surface area contributed by atoms with Crippen LogP contribution in [0.4, 0.5) is 0 Å². The Bertz CT molecular complexity index is 630. The third kappa shape index (κ3) is 1.74. The lowest BCUT2D eigenvalue weighted by atomic mass is 9.69. The van der Waals surface area contributed by atoms with Gasteiger partial charge in [0, 0.05) is 18.0 Å². The SMILES string of the molecule is CCOC(=O)c1[nH]cc2c1C1C=CC2C2OC(C)(C)OC12. The molecule has 0 amide bonds. The molecule has 5 rings (SSSR count). The summed E-state index contributed by atoms with van der Waals surface area (Å²) in [7, 11) is 0. The van der Waals surface area contributed by atoms with Crippen LogP contribution in [0.5, 0.6) is 0 Å². The number of H-pyrrole nitrogens is 1. The summed E-state index contributed by atoms with van der Waals surface area (Å²) in [6.07, 6.45) is 6.20. The molecule has 1 aromatic rings. The summed E-state index contributed by atoms with van der Waals surface area (Å²) in [6, 6.07) is 0. The molecule has 4 atom stereocenters. The van der Waals surface area contributed by atoms with Crippen LogP contribution in [0.2, 0.25) is 0 Å². The molecule has 5 heteroatoms. The Hall–Kier alpha value is -1.59. The molecular weight excluding hydrogens is 270 g/mol. The molecule has 1 saturated heterocycles. The van der Waals surface area contributed by atoms with Crippen LogP contribution in [-0.2, 0) is 14.2 Å². The van der Waals surface area contributed by atoms with Crippen LogP contribution in [0.3, 0.4) is 0 Å². The van der Waals surface area contributed by atoms with E-state index >= 15 is 0 Å². The molecule has 0 radical (unpaired) electrons. The number of hydrogen-bond donors (Lipinski definition) is 1. The van der Waals surface area contributed by atoms with E-state index in [-0.39, 0.29) is 30.0 Å². The second kappa shape index (κ2) is 4.21. The molecule has 21 heavy (non-hydrogen) atoms. The third-order valence-corrected chi connectivity index (χ3v) is 4.52. The highest BCUT2D eigenvalue weighted by Gasteiger charge is 2.55. The van der Waals surface area contributed by atoms with Crippen LogP contribution in [0.25, 0.3) is 0 Å². The highest BCUT2D eigenvalue weighted by molar-refractivity contribution is 5.90. The van der Waals surface area contributed by atoms with Crippen molar-refractivity contribution in [2.45, 2.75) is 50.6 Å². The van der Waals surface area contributed by atoms with Crippen LogP contribution >= 0.6 is 0 Å². The molecule has 1 fully saturated rings. The molecule has 1 N–H and O–H groups in total. The average molecular weight is 289 g/mol. The molecule has 112 valence electrons. The van der Waals surface area contributed by atoms with Crippen LogP contribution in [0, 0.1) is 0 Å². The predicted octanol–water partition coefficient (Wildman–Crippen LogP) is 2.46. The number of ether oxygens (including phenoxy) is 3. The Morgan fingerprint density at radius 2 is 1.95 bits per heavy atom. The summed E-state index contributed by atoms with van der Waals surface area (Å²) >= 11 is 0. The summed E-state index contributed by atoms with van der Waals surface area (Å²) < 4.78 is 17.3. The van der Waals surface area contributed by atoms with E-state index in [0.717, 1.165) is 11.1 Å². The number of carbonyl (C=O) groups excluding carboxylic acids is 1. The summed E-state index contributed by atoms with van der Waals surface area (Å²) in [5, 5.41) is 0. The minimum atomic E-state index is -0.574. The molecule has 1 aromatic heterocycles. The van der Waals surface area contributed by atoms with Crippen molar-refractivity contribution in [1.29, 1.82) is 0 Å². The van der Waals surface area contributed by atoms with Gasteiger partial charge < -0.3 is 19.2 Å². The van der Waals surface area contributed by atoms with E-state index in [0.29, 0.717) is 12.3 Å². The van der Waals surface area contributed by atoms with Gasteiger partial charge in [-0.1, -0.05) is 12.2 Å². The van der Waals surface area contributed by atoms with E-state index in [1.807, 2.05) is 27.0 Å². The maximum Gasteiger partial charge on any atom is 0.355 e. The molecule has 2 heterocycles. The maximum absolute atomic E-state index is 12.1. The number of hydrogen-bond acceptors (Lipinski definition) is 4. The Balaban J connectivity index is 1.77. The third-order valence-electron chi connectivity index (χ3n) is 4.52. The molecule has 0 spiro atoms. The summed E-state index contributed by atoms with van der Waals surface area (Å²) in [6.45, 7) is 6.06. The average Bonchev–Trinajstić information content (AvgIpc) is 2.99. The summed E-state index contributed by atoms with van der Waals surface area (Å²) in [5.41, 5.74) is 2.70. The lowest BCUT2D eigenvalue weighted by Crippen LogP contribution is -2.41. The molecule has 1 aliphatic heterocycles. The highest BCUT2D eigenvalue weighted by atomic mass is 16.8. The maximum atomic E-state index is 12.1. The number of nitrogens with one attached hydrogen (secondary N) is 1. The van der Waals surface area contributed by atoms with E-state index in [4.69, 9.17) is 14.2 Å². The zero-order valence-electron chi connectivity index (χ0n) is 12.4. The summed E-state index contributed by atoms with van der Waals surface area (Å²) in [5.74, 6) is -0.692. The lowest BCUT2D eigenvalue weighted by molar-refractivity contribution is -0.146. The van der Waals surface area contributed by atoms with E-state index in [9.17, 15) is 4.79 Å². The van der Waals surface area contributed by atoms with E-state index in [1.54, 1.807) is 0 Å². The van der Waals surface area contributed by atoms with Crippen molar-refractivity contribution in [3.8, 4) is 0 Å². The quantitative estimate of drug-likeness (QED) is 0.671. The second-order valence-electron chi connectivity index (χ2n) is 6.25. The zero-order valence-corrected chi connectivity index (χ0v) is 12.4. The van der Waals surface area contributed by atoms with Crippen LogP contribution < -0.4 is 0 Å². The summed E-state index contributed by atoms with van der Waals surface area (Å²) in [4.78, 5) is 15.2. The van der Waals surface area contributed by atoms with Crippen LogP contribution in [0.15, 0.2) is 18.3 Å². The molecular formula is C16H19NO4. The molecule has 2 bridgehead atoms. The van der Waals surface area contributed by atoms with Gasteiger partial charge in [-0.3, -0.25) is 0 Å². The van der Waals surface area contributed by atoms with Gasteiger partial charge >= 0.3 is 5.97 Å². The first-order valence-electron chi connectivity index (χ1n) is 7.44. The smallest absolute Gasteiger partial charge is 0.355 e. The molecule has 0 aromatic carbocycles. The van der Waals surface area contributed by atoms with Crippen molar-refractivity contribution >= 4 is 5.97 Å². The van der Waals surface area contributed by atoms with Crippen molar-refractivity contribution in [2.75, 3.05) is 6.61 Å². The Labute approximate surface area is 123 Å². The number of carbonyl (C=O) groups is 1. The van der Waals surface area contributed by atoms with Crippen molar-refractivity contribution in [3.05, 3.63) is 35.2 Å². The monoisotopic (exact) mass is 289 g/mol. The first-order chi connectivity index (χ1) is 10.0. The predicted molar refractivity (Wildman–Crippen MR) is 75.2 cm³/mol. The normalized spacial score (nSPS) is 34.6. The molecule has 4 aliphatic rings. The van der Waals surface area contributed by atoms with Crippen molar-refractivity contribution in [2.24, 2.45) is 0 Å². The number of esters is 1. The first kappa shape index (κ1) is 13.1. The van der Waals surface area contributed by atoms with Gasteiger partial charge in [0.2, 0.25) is 0 Å². The van der Waals surface area contributed by atoms with Gasteiger partial charge in [0.25, 0.3) is 0 Å². The first-order valence-corrected chi connectivity index (χ1v) is 7.44. The fraction of sp³-hybridized carbons (Fsp3) is 0.562. The van der Waals surface area contributed by atoms with E-state index < -0.39 is 5.79 Å². The molecule has 4 unspecified atom stereocenters. The van der Waals surface area contributed by atoms with E-state index in [1.165, 1.54) is 0 Å². The van der Waals surface area contributed by atoms with Gasteiger partial charge in [0.15, 0.2) is 5.79 Å². The highest BCUT2D eigenvalue weighted by Crippen LogP contribution is 2.53. The van der Waals surface area contributed by atoms with Gasteiger partial charge in [0.05, 0.1) is 18.8 Å². The van der Waals surface area contributed by atoms with Gasteiger partial charge in [-0.25, -0.2) is 4.79 Å². The van der Waals surface area contributed by atoms with Crippen LogP contribution in [-0.4, -0.2) is 35.6 Å². The minimum Gasteiger partial charge on any atom is -0.461 e. The molecule has 3 aliphatic carbocycles. The Morgan fingerprint density at radius 1 is 1.29 bits per heavy atom. The van der Waals surface area contributed by atoms with Crippen molar-refractivity contribution in [1.82, 2.24) is 4.98 Å². The van der Waals surface area contributed by atoms with Gasteiger partial charge in [-0.15, -0.1) is 0 Å². The topological polar surface area (TPSA) is 60.6 Å². The lowest BCUT2D eigenvalue weighted by Gasteiger charge is -2.39. The van der Waals surface area contributed by atoms with Crippen molar-refractivity contribution < 1.29 is 19.0 Å². The fourth-order valence-corrected chi connectivity index (χ4v) is 3.83. The fourth-order valence-electron chi connectivity index (χ4n) is 3.83. The van der Waals surface area contributed by atoms with Crippen molar-refractivity contribution in [3.63, 3.8) is 0 Å². The van der Waals surface area contributed by atoms with Gasteiger partial charge in [0.1, 0.15) is 5.69 Å². The Kier molecular flexibility index (Phi) is 2.63. The Morgan fingerprint density at radius 3 is 2.67 bits per heavy atom. The standard InChI is InChI=1S/C16H19NO4/c1-4-19-15(18)12-11-9-6-5-8(10(11)7-17-12)13-14(9)21-16(2,3)20-13/h5-9,13-14,17H,4H2,1-3H3.